The molecule has 0 aromatic heterocycles. The first-order valence-corrected chi connectivity index (χ1v) is 3.07. The maximum Gasteiger partial charge on any atom is 0.631 e. The van der Waals surface area contributed by atoms with Crippen molar-refractivity contribution in [3.8, 4) is 0 Å². The molecule has 1 aromatic carbocycles. The van der Waals surface area contributed by atoms with Gasteiger partial charge in [-0.15, -0.1) is 0 Å². The molecule has 0 saturated carbocycles. The van der Waals surface area contributed by atoms with Crippen LogP contribution in [0.5, 0.6) is 0 Å². The molecular weight excluding hydrogens is 161 g/mol. The summed E-state index contributed by atoms with van der Waals surface area (Å²) in [5.74, 6) is -0.251. The van der Waals surface area contributed by atoms with Crippen LogP contribution in [-0.2, 0) is 0 Å². The van der Waals surface area contributed by atoms with E-state index in [9.17, 15) is 4.39 Å². The first-order valence-electron chi connectivity index (χ1n) is 3.07. The molecule has 0 spiro atoms. The van der Waals surface area contributed by atoms with Crippen molar-refractivity contribution in [1.82, 2.24) is 0 Å². The van der Waals surface area contributed by atoms with E-state index in [2.05, 4.69) is 0 Å². The lowest BCUT2D eigenvalue weighted by Gasteiger charge is -1.87. The molecule has 0 aliphatic rings. The maximum absolute atomic E-state index is 12.0. The highest BCUT2D eigenvalue weighted by atomic mass is 19.1. The Morgan fingerprint density at radius 3 is 1.67 bits per heavy atom. The maximum atomic E-state index is 12.0. The van der Waals surface area contributed by atoms with Crippen LogP contribution in [-0.4, -0.2) is 30.2 Å². The highest BCUT2D eigenvalue weighted by Gasteiger charge is 1.92. The van der Waals surface area contributed by atoms with Crippen molar-refractivity contribution >= 4 is 20.6 Å². The molecule has 1 rings (SSSR count). The van der Waals surface area contributed by atoms with Gasteiger partial charge in [-0.05, 0) is 12.1 Å². The molecule has 0 bridgehead atoms. The molecule has 0 unspecified atom stereocenters. The van der Waals surface area contributed by atoms with Crippen molar-refractivity contribution in [3.05, 3.63) is 30.1 Å². The van der Waals surface area contributed by atoms with Crippen molar-refractivity contribution in [3.63, 3.8) is 0 Å². The SMILES string of the molecule is OB(O)O.[B]c1ccc(F)cc1. The van der Waals surface area contributed by atoms with E-state index in [0.29, 0.717) is 5.46 Å². The molecule has 0 saturated heterocycles. The van der Waals surface area contributed by atoms with E-state index in [1.54, 1.807) is 0 Å². The predicted molar refractivity (Wildman–Crippen MR) is 44.2 cm³/mol. The highest BCUT2D eigenvalue weighted by molar-refractivity contribution is 6.32. The lowest BCUT2D eigenvalue weighted by Crippen LogP contribution is -2.07. The Kier molecular flexibility index (Phi) is 5.36. The molecule has 0 heterocycles. The summed E-state index contributed by atoms with van der Waals surface area (Å²) in [4.78, 5) is 0. The quantitative estimate of drug-likeness (QED) is 0.416. The molecule has 3 N–H and O–H groups in total. The van der Waals surface area contributed by atoms with Crippen molar-refractivity contribution in [1.29, 1.82) is 0 Å². The van der Waals surface area contributed by atoms with Gasteiger partial charge < -0.3 is 15.1 Å². The van der Waals surface area contributed by atoms with Gasteiger partial charge in [-0.2, -0.15) is 0 Å². The lowest BCUT2D eigenvalue weighted by molar-refractivity contribution is 0.278. The zero-order valence-electron chi connectivity index (χ0n) is 6.18. The predicted octanol–water partition coefficient (Wildman–Crippen LogP) is -1.43. The van der Waals surface area contributed by atoms with Crippen LogP contribution in [0.2, 0.25) is 0 Å². The number of halogens is 1. The molecular formula is C6H7B2FO3. The lowest BCUT2D eigenvalue weighted by atomic mass is 9.97. The van der Waals surface area contributed by atoms with Gasteiger partial charge in [0.1, 0.15) is 13.7 Å². The Bertz CT molecular complexity index is 191. The van der Waals surface area contributed by atoms with Gasteiger partial charge in [0, 0.05) is 0 Å². The highest BCUT2D eigenvalue weighted by Crippen LogP contribution is 1.89. The van der Waals surface area contributed by atoms with Crippen LogP contribution >= 0.6 is 0 Å². The second-order valence-corrected chi connectivity index (χ2v) is 1.90. The molecule has 0 fully saturated rings. The Labute approximate surface area is 71.1 Å². The van der Waals surface area contributed by atoms with Crippen LogP contribution in [0, 0.1) is 5.82 Å². The monoisotopic (exact) mass is 168 g/mol. The minimum atomic E-state index is -2.17. The van der Waals surface area contributed by atoms with Crippen molar-refractivity contribution in [2.75, 3.05) is 0 Å². The molecule has 0 aliphatic heterocycles. The van der Waals surface area contributed by atoms with Gasteiger partial charge in [0.05, 0.1) is 0 Å². The standard InChI is InChI=1S/C6H4BF.BH3O3/c7-5-1-3-6(8)4-2-5;2-1(3)4/h1-4H;2-4H. The first kappa shape index (κ1) is 11.2. The Morgan fingerprint density at radius 1 is 1.08 bits per heavy atom. The van der Waals surface area contributed by atoms with Crippen LogP contribution < -0.4 is 5.46 Å². The Morgan fingerprint density at radius 2 is 1.42 bits per heavy atom. The van der Waals surface area contributed by atoms with E-state index in [0.717, 1.165) is 0 Å². The smallest absolute Gasteiger partial charge is 0.402 e. The number of hydrogen-bond donors (Lipinski definition) is 3. The van der Waals surface area contributed by atoms with Gasteiger partial charge in [0.15, 0.2) is 0 Å². The van der Waals surface area contributed by atoms with Gasteiger partial charge >= 0.3 is 7.32 Å². The average Bonchev–Trinajstić information content (AvgIpc) is 1.94. The van der Waals surface area contributed by atoms with Gasteiger partial charge in [-0.3, -0.25) is 0 Å². The third kappa shape index (κ3) is 7.27. The molecule has 62 valence electrons. The molecule has 0 amide bonds. The largest absolute Gasteiger partial charge is 0.631 e. The summed E-state index contributed by atoms with van der Waals surface area (Å²) in [6.45, 7) is 0. The minimum absolute atomic E-state index is 0.251. The van der Waals surface area contributed by atoms with Crippen LogP contribution in [0.1, 0.15) is 0 Å². The van der Waals surface area contributed by atoms with Crippen LogP contribution in [0.15, 0.2) is 24.3 Å². The van der Waals surface area contributed by atoms with E-state index in [1.807, 2.05) is 0 Å². The van der Waals surface area contributed by atoms with Gasteiger partial charge in [0.2, 0.25) is 0 Å². The third-order valence-corrected chi connectivity index (χ3v) is 0.870. The van der Waals surface area contributed by atoms with E-state index >= 15 is 0 Å². The molecule has 6 heteroatoms. The fraction of sp³-hybridized carbons (Fsp3) is 0. The summed E-state index contributed by atoms with van der Waals surface area (Å²) < 4.78 is 12.0. The fourth-order valence-electron chi connectivity index (χ4n) is 0.463. The molecule has 0 aliphatic carbocycles. The summed E-state index contributed by atoms with van der Waals surface area (Å²) in [6, 6.07) is 5.70. The summed E-state index contributed by atoms with van der Waals surface area (Å²) in [5, 5.41) is 21.5. The zero-order chi connectivity index (χ0) is 9.56. The van der Waals surface area contributed by atoms with Crippen LogP contribution in [0.25, 0.3) is 0 Å². The Hall–Kier alpha value is -0.840. The normalized spacial score (nSPS) is 8.33. The van der Waals surface area contributed by atoms with E-state index in [-0.39, 0.29) is 5.82 Å². The van der Waals surface area contributed by atoms with Crippen molar-refractivity contribution < 1.29 is 19.5 Å². The number of benzene rings is 1. The van der Waals surface area contributed by atoms with E-state index < -0.39 is 7.32 Å². The van der Waals surface area contributed by atoms with Crippen molar-refractivity contribution in [2.45, 2.75) is 0 Å². The first-order chi connectivity index (χ1) is 5.52. The molecule has 3 nitrogen and oxygen atoms in total. The molecule has 0 atom stereocenters. The molecule has 12 heavy (non-hydrogen) atoms. The number of rotatable bonds is 0. The van der Waals surface area contributed by atoms with Crippen molar-refractivity contribution in [2.24, 2.45) is 0 Å². The summed E-state index contributed by atoms with van der Waals surface area (Å²) in [7, 11) is 3.09. The zero-order valence-corrected chi connectivity index (χ0v) is 6.18. The second kappa shape index (κ2) is 5.77. The summed E-state index contributed by atoms with van der Waals surface area (Å²) in [6.07, 6.45) is 0. The molecule has 2 radical (unpaired) electrons. The summed E-state index contributed by atoms with van der Waals surface area (Å²) >= 11 is 0. The van der Waals surface area contributed by atoms with Gasteiger partial charge in [-0.1, -0.05) is 17.6 Å². The van der Waals surface area contributed by atoms with Crippen LogP contribution in [0.3, 0.4) is 0 Å². The topological polar surface area (TPSA) is 60.7 Å². The van der Waals surface area contributed by atoms with E-state index in [1.165, 1.54) is 24.3 Å². The number of hydrogen-bond acceptors (Lipinski definition) is 3. The average molecular weight is 168 g/mol. The third-order valence-electron chi connectivity index (χ3n) is 0.870. The fourth-order valence-corrected chi connectivity index (χ4v) is 0.463. The Balaban J connectivity index is 0.000000261. The minimum Gasteiger partial charge on any atom is -0.402 e. The van der Waals surface area contributed by atoms with Gasteiger partial charge in [0.25, 0.3) is 0 Å². The second-order valence-electron chi connectivity index (χ2n) is 1.90. The van der Waals surface area contributed by atoms with Crippen LogP contribution in [0.4, 0.5) is 4.39 Å². The molecule has 1 aromatic rings. The van der Waals surface area contributed by atoms with E-state index in [4.69, 9.17) is 22.9 Å². The summed E-state index contributed by atoms with van der Waals surface area (Å²) in [5.41, 5.74) is 0.589. The van der Waals surface area contributed by atoms with Gasteiger partial charge in [-0.25, -0.2) is 4.39 Å².